The summed E-state index contributed by atoms with van der Waals surface area (Å²) in [6.45, 7) is 3.80. The van der Waals surface area contributed by atoms with E-state index in [2.05, 4.69) is 4.98 Å². The van der Waals surface area contributed by atoms with Gasteiger partial charge < -0.3 is 5.73 Å². The van der Waals surface area contributed by atoms with Gasteiger partial charge in [0, 0.05) is 18.2 Å². The van der Waals surface area contributed by atoms with Gasteiger partial charge in [0.05, 0.1) is 5.56 Å². The van der Waals surface area contributed by atoms with Crippen molar-refractivity contribution in [2.45, 2.75) is 32.0 Å². The smallest absolute Gasteiger partial charge is 0.327 e. The van der Waals surface area contributed by atoms with Gasteiger partial charge in [0.25, 0.3) is 0 Å². The molecule has 1 heterocycles. The monoisotopic (exact) mass is 264 g/mol. The Balaban J connectivity index is 2.42. The fraction of sp³-hybridized carbons (Fsp3) is 0.545. The van der Waals surface area contributed by atoms with E-state index in [-0.39, 0.29) is 22.5 Å². The summed E-state index contributed by atoms with van der Waals surface area (Å²) in [5.74, 6) is -0.162. The van der Waals surface area contributed by atoms with Crippen molar-refractivity contribution in [1.29, 1.82) is 0 Å². The molecule has 1 saturated carbocycles. The summed E-state index contributed by atoms with van der Waals surface area (Å²) in [5.41, 5.74) is 5.21. The molecule has 0 amide bonds. The first-order valence-corrected chi connectivity index (χ1v) is 5.51. The first-order chi connectivity index (χ1) is 7.65. The maximum atomic E-state index is 12.6. The molecule has 0 aromatic carbocycles. The Hall–Kier alpha value is -0.810. The number of nitrogens with two attached hydrogens (primary N) is 1. The Kier molecular flexibility index (Phi) is 2.67. The molecule has 1 fully saturated rings. The lowest BCUT2D eigenvalue weighted by Crippen LogP contribution is -2.08. The minimum atomic E-state index is -4.41. The van der Waals surface area contributed by atoms with Crippen LogP contribution in [0.1, 0.15) is 30.9 Å². The van der Waals surface area contributed by atoms with Crippen molar-refractivity contribution in [1.82, 2.24) is 4.98 Å². The number of aromatic nitrogens is 1. The molecule has 94 valence electrons. The molecule has 1 aromatic rings. The average Bonchev–Trinajstić information content (AvgIpc) is 2.66. The van der Waals surface area contributed by atoms with Gasteiger partial charge in [0.1, 0.15) is 5.15 Å². The highest BCUT2D eigenvalue weighted by Crippen LogP contribution is 2.58. The topological polar surface area (TPSA) is 38.9 Å². The lowest BCUT2D eigenvalue weighted by Gasteiger charge is -2.10. The van der Waals surface area contributed by atoms with Crippen molar-refractivity contribution in [3.63, 3.8) is 0 Å². The van der Waals surface area contributed by atoms with Crippen molar-refractivity contribution in [3.05, 3.63) is 28.5 Å². The van der Waals surface area contributed by atoms with E-state index in [0.717, 1.165) is 12.3 Å². The summed E-state index contributed by atoms with van der Waals surface area (Å²) in [5, 5.41) is 0.101. The summed E-state index contributed by atoms with van der Waals surface area (Å²) in [6, 6.07) is 0.875. The van der Waals surface area contributed by atoms with E-state index in [0.29, 0.717) is 5.56 Å². The summed E-state index contributed by atoms with van der Waals surface area (Å²) in [4.78, 5) is 3.60. The molecule has 17 heavy (non-hydrogen) atoms. The second-order valence-electron chi connectivity index (χ2n) is 4.93. The van der Waals surface area contributed by atoms with Crippen LogP contribution in [-0.2, 0) is 6.18 Å². The Bertz CT molecular complexity index is 457. The highest BCUT2D eigenvalue weighted by Gasteiger charge is 2.57. The van der Waals surface area contributed by atoms with Crippen LogP contribution < -0.4 is 5.73 Å². The molecule has 0 saturated heterocycles. The fourth-order valence-electron chi connectivity index (χ4n) is 2.11. The van der Waals surface area contributed by atoms with Gasteiger partial charge >= 0.3 is 6.18 Å². The third-order valence-corrected chi connectivity index (χ3v) is 3.76. The number of halogens is 4. The second kappa shape index (κ2) is 3.59. The number of hydrogen-bond acceptors (Lipinski definition) is 2. The van der Waals surface area contributed by atoms with Crippen LogP contribution in [0.2, 0.25) is 5.15 Å². The normalized spacial score (nSPS) is 27.0. The van der Waals surface area contributed by atoms with Crippen LogP contribution in [0.3, 0.4) is 0 Å². The number of nitrogens with zero attached hydrogens (tertiary/aromatic N) is 1. The van der Waals surface area contributed by atoms with Gasteiger partial charge in [-0.25, -0.2) is 4.98 Å². The highest BCUT2D eigenvalue weighted by molar-refractivity contribution is 6.30. The molecule has 1 aliphatic rings. The molecule has 0 radical (unpaired) electrons. The van der Waals surface area contributed by atoms with Gasteiger partial charge in [0.15, 0.2) is 0 Å². The molecule has 1 aliphatic carbocycles. The summed E-state index contributed by atoms with van der Waals surface area (Å²) >= 11 is 5.84. The molecule has 1 aromatic heterocycles. The van der Waals surface area contributed by atoms with Gasteiger partial charge in [-0.2, -0.15) is 13.2 Å². The minimum absolute atomic E-state index is 0.101. The largest absolute Gasteiger partial charge is 0.417 e. The van der Waals surface area contributed by atoms with Crippen molar-refractivity contribution in [2.24, 2.45) is 11.1 Å². The van der Waals surface area contributed by atoms with Gasteiger partial charge in [-0.05, 0) is 17.0 Å². The molecule has 2 unspecified atom stereocenters. The standard InChI is InChI=1S/C11H12ClF3N2/c1-10(2)7(8(10)16)6-3-5(11(13,14)15)4-17-9(6)12/h3-4,7-8H,16H2,1-2H3. The first kappa shape index (κ1) is 12.6. The Labute approximate surface area is 102 Å². The zero-order valence-corrected chi connectivity index (χ0v) is 10.1. The third kappa shape index (κ3) is 2.02. The predicted molar refractivity (Wildman–Crippen MR) is 58.7 cm³/mol. The molecule has 0 aliphatic heterocycles. The third-order valence-electron chi connectivity index (χ3n) is 3.44. The lowest BCUT2D eigenvalue weighted by atomic mass is 10.0. The van der Waals surface area contributed by atoms with Crippen LogP contribution in [0.25, 0.3) is 0 Å². The number of rotatable bonds is 1. The summed E-state index contributed by atoms with van der Waals surface area (Å²) in [7, 11) is 0. The average molecular weight is 265 g/mol. The van der Waals surface area contributed by atoms with Crippen LogP contribution in [0, 0.1) is 5.41 Å². The second-order valence-corrected chi connectivity index (χ2v) is 5.28. The molecule has 2 rings (SSSR count). The Morgan fingerprint density at radius 2 is 1.94 bits per heavy atom. The van der Waals surface area contributed by atoms with Crippen LogP contribution in [0.15, 0.2) is 12.3 Å². The summed E-state index contributed by atoms with van der Waals surface area (Å²) in [6.07, 6.45) is -3.66. The van der Waals surface area contributed by atoms with E-state index >= 15 is 0 Å². The number of hydrogen-bond donors (Lipinski definition) is 1. The van der Waals surface area contributed by atoms with Crippen molar-refractivity contribution in [3.8, 4) is 0 Å². The number of pyridine rings is 1. The molecule has 0 spiro atoms. The van der Waals surface area contributed by atoms with E-state index in [4.69, 9.17) is 17.3 Å². The predicted octanol–water partition coefficient (Wildman–Crippen LogP) is 3.20. The highest BCUT2D eigenvalue weighted by atomic mass is 35.5. The van der Waals surface area contributed by atoms with E-state index < -0.39 is 11.7 Å². The maximum Gasteiger partial charge on any atom is 0.417 e. The van der Waals surface area contributed by atoms with Gasteiger partial charge in [-0.15, -0.1) is 0 Å². The zero-order chi connectivity index (χ0) is 13.0. The van der Waals surface area contributed by atoms with Gasteiger partial charge in [-0.1, -0.05) is 25.4 Å². The molecule has 2 N–H and O–H groups in total. The Morgan fingerprint density at radius 1 is 1.41 bits per heavy atom. The van der Waals surface area contributed by atoms with Crippen molar-refractivity contribution >= 4 is 11.6 Å². The van der Waals surface area contributed by atoms with Crippen LogP contribution in [-0.4, -0.2) is 11.0 Å². The molecular weight excluding hydrogens is 253 g/mol. The molecular formula is C11H12ClF3N2. The van der Waals surface area contributed by atoms with Crippen molar-refractivity contribution < 1.29 is 13.2 Å². The van der Waals surface area contributed by atoms with Crippen LogP contribution in [0.5, 0.6) is 0 Å². The molecule has 0 bridgehead atoms. The van der Waals surface area contributed by atoms with Crippen molar-refractivity contribution in [2.75, 3.05) is 0 Å². The first-order valence-electron chi connectivity index (χ1n) is 5.14. The number of alkyl halides is 3. The van der Waals surface area contributed by atoms with E-state index in [1.807, 2.05) is 13.8 Å². The van der Waals surface area contributed by atoms with Crippen LogP contribution >= 0.6 is 11.6 Å². The quantitative estimate of drug-likeness (QED) is 0.791. The maximum absolute atomic E-state index is 12.6. The lowest BCUT2D eigenvalue weighted by molar-refractivity contribution is -0.137. The van der Waals surface area contributed by atoms with Gasteiger partial charge in [-0.3, -0.25) is 0 Å². The minimum Gasteiger partial charge on any atom is -0.327 e. The molecule has 2 atom stereocenters. The van der Waals surface area contributed by atoms with E-state index in [1.165, 1.54) is 0 Å². The van der Waals surface area contributed by atoms with Gasteiger partial charge in [0.2, 0.25) is 0 Å². The van der Waals surface area contributed by atoms with E-state index in [1.54, 1.807) is 0 Å². The molecule has 2 nitrogen and oxygen atoms in total. The molecule has 6 heteroatoms. The zero-order valence-electron chi connectivity index (χ0n) is 9.35. The fourth-order valence-corrected chi connectivity index (χ4v) is 2.33. The Morgan fingerprint density at radius 3 is 2.35 bits per heavy atom. The SMILES string of the molecule is CC1(C)C(N)C1c1cc(C(F)(F)F)cnc1Cl. The summed E-state index contributed by atoms with van der Waals surface area (Å²) < 4.78 is 37.7. The van der Waals surface area contributed by atoms with Crippen LogP contribution in [0.4, 0.5) is 13.2 Å². The van der Waals surface area contributed by atoms with E-state index in [9.17, 15) is 13.2 Å².